The van der Waals surface area contributed by atoms with Gasteiger partial charge in [0.25, 0.3) is 0 Å². The first kappa shape index (κ1) is 26.6. The quantitative estimate of drug-likeness (QED) is 0.484. The number of carbonyl (C=O) groups is 1. The van der Waals surface area contributed by atoms with Gasteiger partial charge >= 0.3 is 12.1 Å². The summed E-state index contributed by atoms with van der Waals surface area (Å²) < 4.78 is 60.0. The molecule has 0 amide bonds. The fourth-order valence-electron chi connectivity index (χ4n) is 4.70. The highest BCUT2D eigenvalue weighted by atomic mass is 19.4. The van der Waals surface area contributed by atoms with Crippen LogP contribution in [-0.2, 0) is 28.2 Å². The number of aliphatic carboxylic acids is 1. The lowest BCUT2D eigenvalue weighted by Gasteiger charge is -2.44. The van der Waals surface area contributed by atoms with Gasteiger partial charge in [-0.05, 0) is 18.2 Å². The Balaban J connectivity index is 0.000000405. The topological polar surface area (TPSA) is 76.8 Å². The van der Waals surface area contributed by atoms with Crippen molar-refractivity contribution in [2.45, 2.75) is 37.7 Å². The molecule has 7 nitrogen and oxygen atoms in total. The summed E-state index contributed by atoms with van der Waals surface area (Å²) in [6.45, 7) is 3.66. The second-order valence-electron chi connectivity index (χ2n) is 8.89. The van der Waals surface area contributed by atoms with Gasteiger partial charge in [-0.1, -0.05) is 30.3 Å². The van der Waals surface area contributed by atoms with Crippen molar-refractivity contribution in [1.29, 1.82) is 0 Å². The molecule has 1 aromatic heterocycles. The Labute approximate surface area is 211 Å². The number of hydrogen-bond donors (Lipinski definition) is 1. The Bertz CT molecular complexity index is 1240. The predicted molar refractivity (Wildman–Crippen MR) is 126 cm³/mol. The molecule has 0 atom stereocenters. The molecule has 1 fully saturated rings. The van der Waals surface area contributed by atoms with Gasteiger partial charge in [-0.25, -0.2) is 14.2 Å². The third-order valence-corrected chi connectivity index (χ3v) is 6.51. The van der Waals surface area contributed by atoms with E-state index < -0.39 is 17.7 Å². The van der Waals surface area contributed by atoms with Crippen molar-refractivity contribution >= 4 is 5.97 Å². The highest BCUT2D eigenvalue weighted by molar-refractivity contribution is 5.73. The van der Waals surface area contributed by atoms with E-state index in [1.165, 1.54) is 6.07 Å². The third-order valence-electron chi connectivity index (χ3n) is 6.51. The van der Waals surface area contributed by atoms with Gasteiger partial charge in [-0.2, -0.15) is 13.2 Å². The van der Waals surface area contributed by atoms with Crippen LogP contribution in [0.15, 0.2) is 54.9 Å². The minimum Gasteiger partial charge on any atom is -0.480 e. The second kappa shape index (κ2) is 10.9. The molecule has 3 aromatic rings. The molecule has 11 heteroatoms. The van der Waals surface area contributed by atoms with Gasteiger partial charge in [-0.3, -0.25) is 4.90 Å². The first-order valence-electron chi connectivity index (χ1n) is 11.7. The lowest BCUT2D eigenvalue weighted by molar-refractivity contribution is -0.192. The predicted octanol–water partition coefficient (Wildman–Crippen LogP) is 4.85. The summed E-state index contributed by atoms with van der Waals surface area (Å²) in [6, 6.07) is 15.2. The maximum absolute atomic E-state index is 14.1. The molecule has 37 heavy (non-hydrogen) atoms. The van der Waals surface area contributed by atoms with Crippen molar-refractivity contribution in [3.8, 4) is 17.0 Å². The van der Waals surface area contributed by atoms with Gasteiger partial charge in [0.2, 0.25) is 0 Å². The number of aromatic nitrogens is 2. The van der Waals surface area contributed by atoms with Crippen molar-refractivity contribution in [3.63, 3.8) is 0 Å². The van der Waals surface area contributed by atoms with E-state index in [2.05, 4.69) is 15.5 Å². The van der Waals surface area contributed by atoms with E-state index in [-0.39, 0.29) is 5.82 Å². The Morgan fingerprint density at radius 1 is 1.14 bits per heavy atom. The molecule has 0 aliphatic carbocycles. The zero-order chi connectivity index (χ0) is 26.6. The van der Waals surface area contributed by atoms with Crippen LogP contribution in [0.25, 0.3) is 11.3 Å². The standard InChI is InChI=1S/C24H26FN3O2.C2HF3O2/c1-29-15-14-28-17-26-22-19-7-3-5-9-21(19)30-24(23(22)28)10-12-27(13-11-24)16-18-6-2-4-8-20(18)25;3-2(4,5)1(6)7/h2-9,17H,10-16H2,1H3;(H,6,7). The number of imidazole rings is 1. The SMILES string of the molecule is COCCn1cnc2c1C1(CCN(Cc3ccccc3F)CC1)Oc1ccccc1-2.O=C(O)C(F)(F)F. The highest BCUT2D eigenvalue weighted by Gasteiger charge is 2.46. The molecule has 1 saturated heterocycles. The van der Waals surface area contributed by atoms with E-state index in [4.69, 9.17) is 24.4 Å². The Hall–Kier alpha value is -3.44. The number of halogens is 4. The van der Waals surface area contributed by atoms with Crippen LogP contribution in [0.2, 0.25) is 0 Å². The summed E-state index contributed by atoms with van der Waals surface area (Å²) in [5.74, 6) is -2.00. The number of likely N-dealkylation sites (tertiary alicyclic amines) is 1. The summed E-state index contributed by atoms with van der Waals surface area (Å²) in [4.78, 5) is 16.0. The molecule has 2 aromatic carbocycles. The normalized spacial score (nSPS) is 16.2. The first-order valence-corrected chi connectivity index (χ1v) is 11.7. The molecule has 2 aliphatic rings. The summed E-state index contributed by atoms with van der Waals surface area (Å²) >= 11 is 0. The van der Waals surface area contributed by atoms with Crippen LogP contribution in [0.4, 0.5) is 17.6 Å². The van der Waals surface area contributed by atoms with E-state index in [0.717, 1.165) is 60.7 Å². The molecule has 5 rings (SSSR count). The molecule has 3 heterocycles. The summed E-state index contributed by atoms with van der Waals surface area (Å²) in [5, 5.41) is 7.12. The maximum Gasteiger partial charge on any atom is 0.490 e. The minimum atomic E-state index is -5.08. The smallest absolute Gasteiger partial charge is 0.480 e. The van der Waals surface area contributed by atoms with Crippen LogP contribution < -0.4 is 4.74 Å². The molecule has 0 saturated carbocycles. The van der Waals surface area contributed by atoms with Gasteiger partial charge in [0, 0.05) is 57.3 Å². The van der Waals surface area contributed by atoms with E-state index in [1.54, 1.807) is 13.2 Å². The van der Waals surface area contributed by atoms with Crippen LogP contribution >= 0.6 is 0 Å². The van der Waals surface area contributed by atoms with Crippen molar-refractivity contribution in [2.75, 3.05) is 26.8 Å². The van der Waals surface area contributed by atoms with Crippen molar-refractivity contribution in [2.24, 2.45) is 0 Å². The van der Waals surface area contributed by atoms with Crippen molar-refractivity contribution < 1.29 is 36.9 Å². The maximum atomic E-state index is 14.1. The number of fused-ring (bicyclic) bond motifs is 4. The molecule has 1 N–H and O–H groups in total. The lowest BCUT2D eigenvalue weighted by Crippen LogP contribution is -2.48. The van der Waals surface area contributed by atoms with Gasteiger partial charge < -0.3 is 19.1 Å². The molecular weight excluding hydrogens is 494 g/mol. The van der Waals surface area contributed by atoms with Crippen LogP contribution in [0.5, 0.6) is 5.75 Å². The molecule has 0 radical (unpaired) electrons. The van der Waals surface area contributed by atoms with E-state index >= 15 is 0 Å². The number of hydrogen-bond acceptors (Lipinski definition) is 5. The Morgan fingerprint density at radius 2 is 1.78 bits per heavy atom. The number of carboxylic acid groups (broad SMARTS) is 1. The number of methoxy groups -OCH3 is 1. The average molecular weight is 522 g/mol. The van der Waals surface area contributed by atoms with Gasteiger partial charge in [0.1, 0.15) is 11.6 Å². The number of piperidine rings is 1. The Kier molecular flexibility index (Phi) is 7.84. The number of nitrogens with zero attached hydrogens (tertiary/aromatic N) is 3. The monoisotopic (exact) mass is 521 g/mol. The molecule has 198 valence electrons. The summed E-state index contributed by atoms with van der Waals surface area (Å²) in [7, 11) is 1.71. The number of benzene rings is 2. The van der Waals surface area contributed by atoms with E-state index in [1.807, 2.05) is 36.7 Å². The third kappa shape index (κ3) is 5.78. The largest absolute Gasteiger partial charge is 0.490 e. The average Bonchev–Trinajstić information content (AvgIpc) is 3.31. The zero-order valence-electron chi connectivity index (χ0n) is 20.2. The first-order chi connectivity index (χ1) is 17.6. The number of ether oxygens (including phenoxy) is 2. The number of para-hydroxylation sites is 1. The van der Waals surface area contributed by atoms with Gasteiger partial charge in [-0.15, -0.1) is 0 Å². The second-order valence-corrected chi connectivity index (χ2v) is 8.89. The summed E-state index contributed by atoms with van der Waals surface area (Å²) in [5.41, 5.74) is 3.52. The van der Waals surface area contributed by atoms with Crippen LogP contribution in [-0.4, -0.2) is 58.5 Å². The fraction of sp³-hybridized carbons (Fsp3) is 0.385. The molecule has 0 unspecified atom stereocenters. The lowest BCUT2D eigenvalue weighted by atomic mass is 9.83. The highest BCUT2D eigenvalue weighted by Crippen LogP contribution is 2.49. The van der Waals surface area contributed by atoms with Crippen molar-refractivity contribution in [1.82, 2.24) is 14.5 Å². The molecule has 0 bridgehead atoms. The zero-order valence-corrected chi connectivity index (χ0v) is 20.2. The van der Waals surface area contributed by atoms with Crippen LogP contribution in [0.1, 0.15) is 24.1 Å². The fourth-order valence-corrected chi connectivity index (χ4v) is 4.70. The van der Waals surface area contributed by atoms with Gasteiger partial charge in [0.05, 0.1) is 24.3 Å². The van der Waals surface area contributed by atoms with E-state index in [0.29, 0.717) is 13.2 Å². The van der Waals surface area contributed by atoms with Gasteiger partial charge in [0.15, 0.2) is 5.60 Å². The van der Waals surface area contributed by atoms with Crippen molar-refractivity contribution in [3.05, 3.63) is 71.9 Å². The number of carboxylic acids is 1. The van der Waals surface area contributed by atoms with Crippen LogP contribution in [0.3, 0.4) is 0 Å². The molecule has 1 spiro atoms. The van der Waals surface area contributed by atoms with Crippen LogP contribution in [0, 0.1) is 5.82 Å². The minimum absolute atomic E-state index is 0.138. The molecular formula is C26H27F4N3O4. The molecule has 2 aliphatic heterocycles. The Morgan fingerprint density at radius 3 is 2.43 bits per heavy atom. The number of alkyl halides is 3. The number of rotatable bonds is 5. The van der Waals surface area contributed by atoms with E-state index in [9.17, 15) is 17.6 Å². The summed E-state index contributed by atoms with van der Waals surface area (Å²) in [6.07, 6.45) is -1.51.